The van der Waals surface area contributed by atoms with Crippen LogP contribution in [0.1, 0.15) is 39.8 Å². The number of nitrogens with zero attached hydrogens (tertiary/aromatic N) is 3. The Morgan fingerprint density at radius 2 is 2.41 bits per heavy atom. The SMILES string of the molecule is Cc1c(Cl)c(C(=O)NCc2cn[nH]c2C2CCNC2)nn1C. The van der Waals surface area contributed by atoms with Crippen LogP contribution < -0.4 is 10.6 Å². The molecule has 1 aliphatic rings. The van der Waals surface area contributed by atoms with Crippen LogP contribution >= 0.6 is 11.6 Å². The molecular formula is C14H19ClN6O. The molecule has 0 aromatic carbocycles. The third-order valence-electron chi connectivity index (χ3n) is 4.14. The average molecular weight is 323 g/mol. The highest BCUT2D eigenvalue weighted by Crippen LogP contribution is 2.23. The minimum atomic E-state index is -0.273. The van der Waals surface area contributed by atoms with E-state index in [1.54, 1.807) is 17.9 Å². The molecule has 1 unspecified atom stereocenters. The van der Waals surface area contributed by atoms with Crippen LogP contribution in [0, 0.1) is 6.92 Å². The second kappa shape index (κ2) is 6.10. The lowest BCUT2D eigenvalue weighted by Gasteiger charge is -2.09. The summed E-state index contributed by atoms with van der Waals surface area (Å²) in [4.78, 5) is 12.2. The van der Waals surface area contributed by atoms with Gasteiger partial charge in [0.1, 0.15) is 0 Å². The maximum atomic E-state index is 12.2. The van der Waals surface area contributed by atoms with Gasteiger partial charge in [0.25, 0.3) is 5.91 Å². The Bertz CT molecular complexity index is 686. The van der Waals surface area contributed by atoms with E-state index in [1.165, 1.54) is 0 Å². The number of carbonyl (C=O) groups excluding carboxylic acids is 1. The molecule has 0 bridgehead atoms. The molecule has 3 rings (SSSR count). The third-order valence-corrected chi connectivity index (χ3v) is 4.59. The molecule has 7 nitrogen and oxygen atoms in total. The van der Waals surface area contributed by atoms with Gasteiger partial charge in [0.05, 0.1) is 16.9 Å². The van der Waals surface area contributed by atoms with E-state index in [4.69, 9.17) is 11.6 Å². The summed E-state index contributed by atoms with van der Waals surface area (Å²) < 4.78 is 1.60. The van der Waals surface area contributed by atoms with Crippen LogP contribution in [0.5, 0.6) is 0 Å². The van der Waals surface area contributed by atoms with Crippen molar-refractivity contribution in [1.82, 2.24) is 30.6 Å². The van der Waals surface area contributed by atoms with Gasteiger partial charge in [-0.3, -0.25) is 14.6 Å². The molecule has 1 atom stereocenters. The molecule has 0 radical (unpaired) electrons. The number of hydrogen-bond donors (Lipinski definition) is 3. The number of H-pyrrole nitrogens is 1. The van der Waals surface area contributed by atoms with E-state index in [1.807, 2.05) is 6.92 Å². The maximum Gasteiger partial charge on any atom is 0.273 e. The average Bonchev–Trinajstić information content (AvgIpc) is 3.22. The number of rotatable bonds is 4. The minimum absolute atomic E-state index is 0.259. The number of aromatic nitrogens is 4. The molecule has 0 aliphatic carbocycles. The lowest BCUT2D eigenvalue weighted by atomic mass is 10.0. The molecule has 0 saturated carbocycles. The molecule has 1 fully saturated rings. The van der Waals surface area contributed by atoms with Crippen LogP contribution in [0.2, 0.25) is 5.02 Å². The van der Waals surface area contributed by atoms with Crippen LogP contribution in [-0.2, 0) is 13.6 Å². The van der Waals surface area contributed by atoms with Gasteiger partial charge in [-0.15, -0.1) is 0 Å². The van der Waals surface area contributed by atoms with E-state index in [2.05, 4.69) is 25.9 Å². The zero-order chi connectivity index (χ0) is 15.7. The summed E-state index contributed by atoms with van der Waals surface area (Å²) in [5.74, 6) is 0.153. The van der Waals surface area contributed by atoms with Crippen LogP contribution in [0.25, 0.3) is 0 Å². The first kappa shape index (κ1) is 15.1. The van der Waals surface area contributed by atoms with Gasteiger partial charge in [0.2, 0.25) is 0 Å². The highest BCUT2D eigenvalue weighted by molar-refractivity contribution is 6.34. The van der Waals surface area contributed by atoms with Gasteiger partial charge in [-0.05, 0) is 19.9 Å². The zero-order valence-electron chi connectivity index (χ0n) is 12.6. The van der Waals surface area contributed by atoms with E-state index < -0.39 is 0 Å². The van der Waals surface area contributed by atoms with E-state index in [0.29, 0.717) is 17.5 Å². The molecule has 2 aromatic heterocycles. The van der Waals surface area contributed by atoms with Crippen molar-refractivity contribution in [1.29, 1.82) is 0 Å². The summed E-state index contributed by atoms with van der Waals surface area (Å²) in [6.07, 6.45) is 2.84. The van der Waals surface area contributed by atoms with Crippen LogP contribution in [0.4, 0.5) is 0 Å². The highest BCUT2D eigenvalue weighted by Gasteiger charge is 2.22. The number of hydrogen-bond acceptors (Lipinski definition) is 4. The van der Waals surface area contributed by atoms with Crippen molar-refractivity contribution in [2.45, 2.75) is 25.8 Å². The van der Waals surface area contributed by atoms with Gasteiger partial charge < -0.3 is 10.6 Å². The van der Waals surface area contributed by atoms with Gasteiger partial charge in [-0.1, -0.05) is 11.6 Å². The Morgan fingerprint density at radius 3 is 3.05 bits per heavy atom. The molecule has 8 heteroatoms. The molecule has 0 spiro atoms. The lowest BCUT2D eigenvalue weighted by molar-refractivity contribution is 0.0945. The quantitative estimate of drug-likeness (QED) is 0.787. The van der Waals surface area contributed by atoms with Crippen molar-refractivity contribution < 1.29 is 4.79 Å². The molecule has 118 valence electrons. The van der Waals surface area contributed by atoms with E-state index in [9.17, 15) is 4.79 Å². The summed E-state index contributed by atoms with van der Waals surface area (Å²) in [5, 5.41) is 17.9. The predicted molar refractivity (Wildman–Crippen MR) is 82.9 cm³/mol. The van der Waals surface area contributed by atoms with Crippen molar-refractivity contribution in [3.8, 4) is 0 Å². The first-order valence-corrected chi connectivity index (χ1v) is 7.66. The molecule has 1 amide bonds. The number of carbonyl (C=O) groups is 1. The summed E-state index contributed by atoms with van der Waals surface area (Å²) in [6, 6.07) is 0. The number of nitrogens with one attached hydrogen (secondary N) is 3. The van der Waals surface area contributed by atoms with E-state index in [-0.39, 0.29) is 11.6 Å². The molecule has 1 aliphatic heterocycles. The van der Waals surface area contributed by atoms with Crippen molar-refractivity contribution in [3.05, 3.63) is 33.9 Å². The monoisotopic (exact) mass is 322 g/mol. The maximum absolute atomic E-state index is 12.2. The Hall–Kier alpha value is -1.86. The molecule has 22 heavy (non-hydrogen) atoms. The Morgan fingerprint density at radius 1 is 1.59 bits per heavy atom. The van der Waals surface area contributed by atoms with Crippen LogP contribution in [-0.4, -0.2) is 39.0 Å². The third kappa shape index (κ3) is 2.74. The van der Waals surface area contributed by atoms with Gasteiger partial charge in [-0.25, -0.2) is 0 Å². The smallest absolute Gasteiger partial charge is 0.273 e. The van der Waals surface area contributed by atoms with Crippen molar-refractivity contribution in [3.63, 3.8) is 0 Å². The fourth-order valence-corrected chi connectivity index (χ4v) is 2.95. The normalized spacial score (nSPS) is 17.9. The number of halogens is 1. The zero-order valence-corrected chi connectivity index (χ0v) is 13.4. The Labute approximate surface area is 133 Å². The number of amides is 1. The first-order valence-electron chi connectivity index (χ1n) is 7.28. The number of aromatic amines is 1. The summed E-state index contributed by atoms with van der Waals surface area (Å²) >= 11 is 6.13. The molecular weight excluding hydrogens is 304 g/mol. The van der Waals surface area contributed by atoms with Crippen molar-refractivity contribution in [2.24, 2.45) is 7.05 Å². The topological polar surface area (TPSA) is 87.6 Å². The van der Waals surface area contributed by atoms with Crippen LogP contribution in [0.3, 0.4) is 0 Å². The van der Waals surface area contributed by atoms with E-state index in [0.717, 1.165) is 36.5 Å². The van der Waals surface area contributed by atoms with Gasteiger partial charge in [0.15, 0.2) is 5.69 Å². The van der Waals surface area contributed by atoms with E-state index >= 15 is 0 Å². The summed E-state index contributed by atoms with van der Waals surface area (Å²) in [6.45, 7) is 4.19. The molecule has 3 N–H and O–H groups in total. The van der Waals surface area contributed by atoms with Gasteiger partial charge in [0, 0.05) is 37.3 Å². The molecule has 3 heterocycles. The molecule has 1 saturated heterocycles. The Kier molecular flexibility index (Phi) is 4.17. The fourth-order valence-electron chi connectivity index (χ4n) is 2.70. The first-order chi connectivity index (χ1) is 10.6. The number of aryl methyl sites for hydroxylation is 1. The van der Waals surface area contributed by atoms with Crippen molar-refractivity contribution in [2.75, 3.05) is 13.1 Å². The largest absolute Gasteiger partial charge is 0.346 e. The fraction of sp³-hybridized carbons (Fsp3) is 0.500. The lowest BCUT2D eigenvalue weighted by Crippen LogP contribution is -2.24. The Balaban J connectivity index is 1.69. The second-order valence-corrected chi connectivity index (χ2v) is 5.93. The van der Waals surface area contributed by atoms with Gasteiger partial charge >= 0.3 is 0 Å². The second-order valence-electron chi connectivity index (χ2n) is 5.55. The highest BCUT2D eigenvalue weighted by atomic mass is 35.5. The van der Waals surface area contributed by atoms with Crippen LogP contribution in [0.15, 0.2) is 6.20 Å². The van der Waals surface area contributed by atoms with Crippen molar-refractivity contribution >= 4 is 17.5 Å². The molecule has 2 aromatic rings. The summed E-state index contributed by atoms with van der Waals surface area (Å²) in [5.41, 5.74) is 3.13. The minimum Gasteiger partial charge on any atom is -0.346 e. The summed E-state index contributed by atoms with van der Waals surface area (Å²) in [7, 11) is 1.76. The van der Waals surface area contributed by atoms with Gasteiger partial charge in [-0.2, -0.15) is 10.2 Å². The predicted octanol–water partition coefficient (Wildman–Crippen LogP) is 1.11. The standard InChI is InChI=1S/C14H19ClN6O/c1-8-11(15)13(20-21(8)2)14(22)17-6-10-7-18-19-12(10)9-3-4-16-5-9/h7,9,16H,3-6H2,1-2H3,(H,17,22)(H,18,19).